The maximum atomic E-state index is 12.3. The first-order chi connectivity index (χ1) is 11.8. The van der Waals surface area contributed by atoms with Crippen molar-refractivity contribution in [1.82, 2.24) is 20.1 Å². The van der Waals surface area contributed by atoms with Crippen LogP contribution in [0.25, 0.3) is 0 Å². The highest BCUT2D eigenvalue weighted by molar-refractivity contribution is 6.39. The van der Waals surface area contributed by atoms with Crippen molar-refractivity contribution in [3.8, 4) is 0 Å². The van der Waals surface area contributed by atoms with Gasteiger partial charge in [0, 0.05) is 19.4 Å². The standard InChI is InChI=1S/C17H19N5O2/c23-17(13-10-14(24-21-13)12-6-2-1-3-7-12)18-11-16-20-19-15-8-4-5-9-22(15)16/h1-3,6-7,14H,4-5,8-11H2,(H,18,23)/t14-/m1/s1. The van der Waals surface area contributed by atoms with Crippen LogP contribution in [0.3, 0.4) is 0 Å². The van der Waals surface area contributed by atoms with Gasteiger partial charge in [-0.2, -0.15) is 0 Å². The Kier molecular flexibility index (Phi) is 3.98. The summed E-state index contributed by atoms with van der Waals surface area (Å²) >= 11 is 0. The molecule has 2 aromatic rings. The molecule has 1 atom stereocenters. The molecule has 4 rings (SSSR count). The van der Waals surface area contributed by atoms with Gasteiger partial charge in [0.25, 0.3) is 5.91 Å². The Balaban J connectivity index is 1.35. The molecule has 1 aromatic heterocycles. The predicted molar refractivity (Wildman–Crippen MR) is 87.1 cm³/mol. The van der Waals surface area contributed by atoms with Crippen molar-refractivity contribution >= 4 is 11.6 Å². The van der Waals surface area contributed by atoms with Gasteiger partial charge in [-0.25, -0.2) is 0 Å². The first kappa shape index (κ1) is 14.9. The number of carbonyl (C=O) groups is 1. The number of hydrogen-bond acceptors (Lipinski definition) is 5. The van der Waals surface area contributed by atoms with Crippen LogP contribution in [0.5, 0.6) is 0 Å². The summed E-state index contributed by atoms with van der Waals surface area (Å²) in [6, 6.07) is 9.80. The zero-order valence-corrected chi connectivity index (χ0v) is 13.3. The Morgan fingerprint density at radius 1 is 1.25 bits per heavy atom. The maximum absolute atomic E-state index is 12.3. The zero-order valence-electron chi connectivity index (χ0n) is 13.3. The highest BCUT2D eigenvalue weighted by Gasteiger charge is 2.27. The van der Waals surface area contributed by atoms with Crippen molar-refractivity contribution in [2.45, 2.75) is 44.9 Å². The first-order valence-corrected chi connectivity index (χ1v) is 8.28. The highest BCUT2D eigenvalue weighted by Crippen LogP contribution is 2.26. The van der Waals surface area contributed by atoms with E-state index >= 15 is 0 Å². The molecule has 7 nitrogen and oxygen atoms in total. The number of carbonyl (C=O) groups excluding carboxylic acids is 1. The Labute approximate surface area is 139 Å². The van der Waals surface area contributed by atoms with E-state index in [1.54, 1.807) is 0 Å². The van der Waals surface area contributed by atoms with E-state index in [-0.39, 0.29) is 12.0 Å². The second-order valence-electron chi connectivity index (χ2n) is 6.07. The molecule has 1 N–H and O–H groups in total. The smallest absolute Gasteiger partial charge is 0.269 e. The van der Waals surface area contributed by atoms with Crippen LogP contribution in [-0.4, -0.2) is 26.4 Å². The maximum Gasteiger partial charge on any atom is 0.269 e. The van der Waals surface area contributed by atoms with Crippen LogP contribution in [0.1, 0.15) is 42.6 Å². The lowest BCUT2D eigenvalue weighted by Crippen LogP contribution is -2.31. The molecule has 0 unspecified atom stereocenters. The van der Waals surface area contributed by atoms with Gasteiger partial charge in [-0.3, -0.25) is 4.79 Å². The fourth-order valence-corrected chi connectivity index (χ4v) is 3.12. The second kappa shape index (κ2) is 6.43. The summed E-state index contributed by atoms with van der Waals surface area (Å²) in [7, 11) is 0. The van der Waals surface area contributed by atoms with Gasteiger partial charge in [0.2, 0.25) is 0 Å². The summed E-state index contributed by atoms with van der Waals surface area (Å²) in [5.41, 5.74) is 1.44. The summed E-state index contributed by atoms with van der Waals surface area (Å²) in [6.07, 6.45) is 3.53. The quantitative estimate of drug-likeness (QED) is 0.928. The normalized spacial score (nSPS) is 19.3. The molecule has 0 aliphatic carbocycles. The molecule has 0 bridgehead atoms. The van der Waals surface area contributed by atoms with Gasteiger partial charge in [-0.15, -0.1) is 10.2 Å². The van der Waals surface area contributed by atoms with Gasteiger partial charge in [-0.1, -0.05) is 35.5 Å². The van der Waals surface area contributed by atoms with Crippen molar-refractivity contribution in [2.75, 3.05) is 0 Å². The largest absolute Gasteiger partial charge is 0.387 e. The Morgan fingerprint density at radius 2 is 2.12 bits per heavy atom. The van der Waals surface area contributed by atoms with E-state index in [1.165, 1.54) is 0 Å². The third-order valence-electron chi connectivity index (χ3n) is 4.45. The molecule has 2 aliphatic rings. The van der Waals surface area contributed by atoms with Crippen molar-refractivity contribution in [3.05, 3.63) is 47.5 Å². The Hall–Kier alpha value is -2.70. The number of benzene rings is 1. The van der Waals surface area contributed by atoms with Gasteiger partial charge in [0.1, 0.15) is 11.5 Å². The molecular formula is C17H19N5O2. The topological polar surface area (TPSA) is 81.4 Å². The number of nitrogens with zero attached hydrogens (tertiary/aromatic N) is 4. The number of fused-ring (bicyclic) bond motifs is 1. The number of aryl methyl sites for hydroxylation is 1. The number of hydrogen-bond donors (Lipinski definition) is 1. The van der Waals surface area contributed by atoms with E-state index in [1.807, 2.05) is 30.3 Å². The minimum absolute atomic E-state index is 0.187. The molecule has 124 valence electrons. The summed E-state index contributed by atoms with van der Waals surface area (Å²) in [6.45, 7) is 1.29. The lowest BCUT2D eigenvalue weighted by molar-refractivity contribution is -0.115. The van der Waals surface area contributed by atoms with E-state index in [0.717, 1.165) is 43.0 Å². The van der Waals surface area contributed by atoms with Crippen LogP contribution < -0.4 is 5.32 Å². The second-order valence-corrected chi connectivity index (χ2v) is 6.07. The predicted octanol–water partition coefficient (Wildman–Crippen LogP) is 1.75. The van der Waals surface area contributed by atoms with Crippen LogP contribution in [-0.2, 0) is 29.1 Å². The fourth-order valence-electron chi connectivity index (χ4n) is 3.12. The minimum atomic E-state index is -0.207. The Morgan fingerprint density at radius 3 is 3.00 bits per heavy atom. The van der Waals surface area contributed by atoms with Gasteiger partial charge in [0.05, 0.1) is 6.54 Å². The van der Waals surface area contributed by atoms with Crippen molar-refractivity contribution < 1.29 is 9.63 Å². The molecule has 0 saturated carbocycles. The van der Waals surface area contributed by atoms with Gasteiger partial charge in [-0.05, 0) is 18.4 Å². The number of nitrogens with one attached hydrogen (secondary N) is 1. The van der Waals surface area contributed by atoms with E-state index < -0.39 is 0 Å². The lowest BCUT2D eigenvalue weighted by atomic mass is 10.0. The number of rotatable bonds is 4. The van der Waals surface area contributed by atoms with Crippen LogP contribution in [0, 0.1) is 0 Å². The third kappa shape index (κ3) is 2.89. The van der Waals surface area contributed by atoms with Crippen molar-refractivity contribution in [1.29, 1.82) is 0 Å². The zero-order chi connectivity index (χ0) is 16.4. The minimum Gasteiger partial charge on any atom is -0.387 e. The first-order valence-electron chi connectivity index (χ1n) is 8.28. The van der Waals surface area contributed by atoms with Gasteiger partial charge >= 0.3 is 0 Å². The van der Waals surface area contributed by atoms with Crippen LogP contribution in [0.2, 0.25) is 0 Å². The van der Waals surface area contributed by atoms with Crippen LogP contribution >= 0.6 is 0 Å². The third-order valence-corrected chi connectivity index (χ3v) is 4.45. The Bertz CT molecular complexity index is 769. The molecule has 0 spiro atoms. The monoisotopic (exact) mass is 325 g/mol. The van der Waals surface area contributed by atoms with E-state index in [2.05, 4.69) is 25.2 Å². The van der Waals surface area contributed by atoms with Gasteiger partial charge < -0.3 is 14.7 Å². The van der Waals surface area contributed by atoms with E-state index in [0.29, 0.717) is 18.7 Å². The average Bonchev–Trinajstić information content (AvgIpc) is 3.28. The van der Waals surface area contributed by atoms with Crippen LogP contribution in [0.4, 0.5) is 0 Å². The van der Waals surface area contributed by atoms with Crippen molar-refractivity contribution in [3.63, 3.8) is 0 Å². The summed E-state index contributed by atoms with van der Waals surface area (Å²) in [5.74, 6) is 1.61. The molecule has 24 heavy (non-hydrogen) atoms. The van der Waals surface area contributed by atoms with E-state index in [4.69, 9.17) is 4.84 Å². The van der Waals surface area contributed by atoms with Crippen molar-refractivity contribution in [2.24, 2.45) is 5.16 Å². The number of amides is 1. The number of oxime groups is 1. The molecular weight excluding hydrogens is 306 g/mol. The van der Waals surface area contributed by atoms with Crippen LogP contribution in [0.15, 0.2) is 35.5 Å². The van der Waals surface area contributed by atoms with E-state index in [9.17, 15) is 4.79 Å². The molecule has 0 radical (unpaired) electrons. The highest BCUT2D eigenvalue weighted by atomic mass is 16.6. The summed E-state index contributed by atoms with van der Waals surface area (Å²) in [5, 5.41) is 15.2. The lowest BCUT2D eigenvalue weighted by Gasteiger charge is -2.14. The summed E-state index contributed by atoms with van der Waals surface area (Å²) in [4.78, 5) is 17.7. The van der Waals surface area contributed by atoms with Gasteiger partial charge in [0.15, 0.2) is 11.9 Å². The average molecular weight is 325 g/mol. The molecule has 1 amide bonds. The molecule has 1 aromatic carbocycles. The molecule has 3 heterocycles. The molecule has 0 fully saturated rings. The molecule has 2 aliphatic heterocycles. The summed E-state index contributed by atoms with van der Waals surface area (Å²) < 4.78 is 2.10. The number of aromatic nitrogens is 3. The molecule has 7 heteroatoms. The molecule has 0 saturated heterocycles. The SMILES string of the molecule is O=C(NCc1nnc2n1CCCC2)C1=NO[C@@H](c2ccccc2)C1. The fraction of sp³-hybridized carbons (Fsp3) is 0.412.